The molecule has 0 radical (unpaired) electrons. The highest BCUT2D eigenvalue weighted by Crippen LogP contribution is 2.35. The van der Waals surface area contributed by atoms with E-state index in [0.29, 0.717) is 48.3 Å². The number of hydrogen-bond acceptors (Lipinski definition) is 6. The maximum absolute atomic E-state index is 12.0. The monoisotopic (exact) mass is 357 g/mol. The SMILES string of the molecule is COc1cc(OC)c(NC(=O)COC(=O)C2CCOCC2)cc1Cl. The highest BCUT2D eigenvalue weighted by atomic mass is 35.5. The van der Waals surface area contributed by atoms with Crippen molar-refractivity contribution >= 4 is 29.2 Å². The van der Waals surface area contributed by atoms with E-state index in [0.717, 1.165) is 0 Å². The van der Waals surface area contributed by atoms with Crippen molar-refractivity contribution in [1.29, 1.82) is 0 Å². The van der Waals surface area contributed by atoms with Crippen molar-refractivity contribution in [3.8, 4) is 11.5 Å². The van der Waals surface area contributed by atoms with Crippen LogP contribution in [0.15, 0.2) is 12.1 Å². The summed E-state index contributed by atoms with van der Waals surface area (Å²) in [5.41, 5.74) is 0.371. The van der Waals surface area contributed by atoms with Gasteiger partial charge in [0, 0.05) is 19.3 Å². The van der Waals surface area contributed by atoms with Crippen LogP contribution in [0.5, 0.6) is 11.5 Å². The summed E-state index contributed by atoms with van der Waals surface area (Å²) >= 11 is 6.04. The lowest BCUT2D eigenvalue weighted by Gasteiger charge is -2.20. The fourth-order valence-corrected chi connectivity index (χ4v) is 2.57. The number of hydrogen-bond donors (Lipinski definition) is 1. The van der Waals surface area contributed by atoms with E-state index in [1.54, 1.807) is 6.07 Å². The van der Waals surface area contributed by atoms with Crippen LogP contribution >= 0.6 is 11.6 Å². The lowest BCUT2D eigenvalue weighted by molar-refractivity contribution is -0.154. The number of methoxy groups -OCH3 is 2. The molecule has 0 aromatic heterocycles. The van der Waals surface area contributed by atoms with Crippen LogP contribution in [0, 0.1) is 5.92 Å². The Morgan fingerprint density at radius 3 is 2.50 bits per heavy atom. The second-order valence-electron chi connectivity index (χ2n) is 5.23. The topological polar surface area (TPSA) is 83.1 Å². The van der Waals surface area contributed by atoms with Gasteiger partial charge in [0.2, 0.25) is 0 Å². The predicted molar refractivity (Wildman–Crippen MR) is 87.7 cm³/mol. The molecule has 0 spiro atoms. The van der Waals surface area contributed by atoms with Crippen LogP contribution in [0.3, 0.4) is 0 Å². The molecule has 0 unspecified atom stereocenters. The smallest absolute Gasteiger partial charge is 0.309 e. The van der Waals surface area contributed by atoms with Crippen LogP contribution in [0.1, 0.15) is 12.8 Å². The molecule has 1 aromatic rings. The Bertz CT molecular complexity index is 600. The summed E-state index contributed by atoms with van der Waals surface area (Å²) in [4.78, 5) is 23.9. The van der Waals surface area contributed by atoms with Crippen LogP contribution in [-0.4, -0.2) is 45.9 Å². The van der Waals surface area contributed by atoms with Gasteiger partial charge in [0.05, 0.1) is 30.8 Å². The van der Waals surface area contributed by atoms with Gasteiger partial charge in [-0.3, -0.25) is 9.59 Å². The summed E-state index contributed by atoms with van der Waals surface area (Å²) in [5, 5.41) is 2.93. The van der Waals surface area contributed by atoms with Gasteiger partial charge in [-0.1, -0.05) is 11.6 Å². The van der Waals surface area contributed by atoms with E-state index in [1.807, 2.05) is 0 Å². The van der Waals surface area contributed by atoms with E-state index in [4.69, 9.17) is 30.5 Å². The standard InChI is InChI=1S/C16H20ClNO6/c1-21-13-8-14(22-2)12(7-11(13)17)18-15(19)9-24-16(20)10-3-5-23-6-4-10/h7-8,10H,3-6,9H2,1-2H3,(H,18,19). The highest BCUT2D eigenvalue weighted by molar-refractivity contribution is 6.32. The second-order valence-corrected chi connectivity index (χ2v) is 5.64. The molecule has 24 heavy (non-hydrogen) atoms. The van der Waals surface area contributed by atoms with E-state index in [9.17, 15) is 9.59 Å². The first-order valence-corrected chi connectivity index (χ1v) is 7.88. The molecule has 0 saturated carbocycles. The van der Waals surface area contributed by atoms with Crippen molar-refractivity contribution < 1.29 is 28.5 Å². The summed E-state index contributed by atoms with van der Waals surface area (Å²) in [6, 6.07) is 3.07. The molecule has 1 aliphatic heterocycles. The fraction of sp³-hybridized carbons (Fsp3) is 0.500. The molecule has 1 heterocycles. The van der Waals surface area contributed by atoms with Crippen LogP contribution < -0.4 is 14.8 Å². The third kappa shape index (κ3) is 4.75. The Balaban J connectivity index is 1.92. The predicted octanol–water partition coefficient (Wildman–Crippen LogP) is 2.27. The molecule has 1 fully saturated rings. The zero-order valence-corrected chi connectivity index (χ0v) is 14.4. The first-order chi connectivity index (χ1) is 11.5. The van der Waals surface area contributed by atoms with Crippen LogP contribution in [0.25, 0.3) is 0 Å². The first kappa shape index (κ1) is 18.4. The number of anilines is 1. The average molecular weight is 358 g/mol. The van der Waals surface area contributed by atoms with Gasteiger partial charge in [0.15, 0.2) is 6.61 Å². The Hall–Kier alpha value is -1.99. The molecule has 1 aliphatic rings. The maximum Gasteiger partial charge on any atom is 0.309 e. The van der Waals surface area contributed by atoms with Crippen LogP contribution in [-0.2, 0) is 19.1 Å². The molecule has 1 saturated heterocycles. The number of carbonyl (C=O) groups excluding carboxylic acids is 2. The van der Waals surface area contributed by atoms with Crippen molar-refractivity contribution in [3.05, 3.63) is 17.2 Å². The number of benzene rings is 1. The van der Waals surface area contributed by atoms with Gasteiger partial charge in [0.25, 0.3) is 5.91 Å². The third-order valence-corrected chi connectivity index (χ3v) is 3.94. The first-order valence-electron chi connectivity index (χ1n) is 7.51. The average Bonchev–Trinajstić information content (AvgIpc) is 2.60. The Kier molecular flexibility index (Phi) is 6.69. The number of halogens is 1. The van der Waals surface area contributed by atoms with Crippen molar-refractivity contribution in [2.45, 2.75) is 12.8 Å². The van der Waals surface area contributed by atoms with E-state index in [2.05, 4.69) is 5.32 Å². The van der Waals surface area contributed by atoms with E-state index < -0.39 is 5.91 Å². The van der Waals surface area contributed by atoms with Gasteiger partial charge >= 0.3 is 5.97 Å². The molecule has 2 rings (SSSR count). The van der Waals surface area contributed by atoms with Crippen molar-refractivity contribution in [2.75, 3.05) is 39.4 Å². The molecule has 1 aromatic carbocycles. The Morgan fingerprint density at radius 2 is 1.88 bits per heavy atom. The van der Waals surface area contributed by atoms with Crippen molar-refractivity contribution in [1.82, 2.24) is 0 Å². The normalized spacial score (nSPS) is 14.8. The number of carbonyl (C=O) groups is 2. The van der Waals surface area contributed by atoms with Gasteiger partial charge < -0.3 is 24.3 Å². The molecular weight excluding hydrogens is 338 g/mol. The third-order valence-electron chi connectivity index (χ3n) is 3.65. The largest absolute Gasteiger partial charge is 0.495 e. The lowest BCUT2D eigenvalue weighted by atomic mass is 10.0. The lowest BCUT2D eigenvalue weighted by Crippen LogP contribution is -2.28. The fourth-order valence-electron chi connectivity index (χ4n) is 2.33. The molecule has 132 valence electrons. The molecule has 0 aliphatic carbocycles. The minimum atomic E-state index is -0.477. The molecule has 0 bridgehead atoms. The van der Waals surface area contributed by atoms with Crippen molar-refractivity contribution in [3.63, 3.8) is 0 Å². The Labute approximate surface area is 145 Å². The minimum absolute atomic E-state index is 0.212. The summed E-state index contributed by atoms with van der Waals surface area (Å²) in [5.74, 6) is -0.252. The van der Waals surface area contributed by atoms with Gasteiger partial charge in [-0.25, -0.2) is 0 Å². The van der Waals surface area contributed by atoms with Gasteiger partial charge in [0.1, 0.15) is 11.5 Å². The quantitative estimate of drug-likeness (QED) is 0.786. The molecule has 7 nitrogen and oxygen atoms in total. The maximum atomic E-state index is 12.0. The molecule has 1 amide bonds. The van der Waals surface area contributed by atoms with Crippen LogP contribution in [0.4, 0.5) is 5.69 Å². The minimum Gasteiger partial charge on any atom is -0.495 e. The molecule has 8 heteroatoms. The highest BCUT2D eigenvalue weighted by Gasteiger charge is 2.23. The van der Waals surface area contributed by atoms with Gasteiger partial charge in [-0.05, 0) is 18.9 Å². The van der Waals surface area contributed by atoms with Crippen molar-refractivity contribution in [2.24, 2.45) is 5.92 Å². The number of ether oxygens (including phenoxy) is 4. The summed E-state index contributed by atoms with van der Waals surface area (Å²) in [6.07, 6.45) is 1.23. The van der Waals surface area contributed by atoms with Gasteiger partial charge in [-0.2, -0.15) is 0 Å². The summed E-state index contributed by atoms with van der Waals surface area (Å²) < 4.78 is 20.5. The Morgan fingerprint density at radius 1 is 1.21 bits per heavy atom. The molecular formula is C16H20ClNO6. The number of rotatable bonds is 6. The number of nitrogens with one attached hydrogen (secondary N) is 1. The van der Waals surface area contributed by atoms with E-state index in [-0.39, 0.29) is 18.5 Å². The van der Waals surface area contributed by atoms with Crippen LogP contribution in [0.2, 0.25) is 5.02 Å². The number of amides is 1. The van der Waals surface area contributed by atoms with E-state index >= 15 is 0 Å². The summed E-state index contributed by atoms with van der Waals surface area (Å²) in [6.45, 7) is 0.698. The van der Waals surface area contributed by atoms with Gasteiger partial charge in [-0.15, -0.1) is 0 Å². The second kappa shape index (κ2) is 8.75. The zero-order chi connectivity index (χ0) is 17.5. The zero-order valence-electron chi connectivity index (χ0n) is 13.6. The number of esters is 1. The summed E-state index contributed by atoms with van der Waals surface area (Å²) in [7, 11) is 2.94. The molecule has 1 N–H and O–H groups in total. The molecule has 0 atom stereocenters. The van der Waals surface area contributed by atoms with E-state index in [1.165, 1.54) is 20.3 Å².